The molecule has 1 aromatic heterocycles. The molecule has 1 atom stereocenters. The second-order valence-electron chi connectivity index (χ2n) is 9.11. The number of benzene rings is 1. The molecule has 3 rings (SSSR count). The van der Waals surface area contributed by atoms with Crippen LogP contribution in [0.2, 0.25) is 0 Å². The van der Waals surface area contributed by atoms with Crippen LogP contribution in [0.4, 0.5) is 8.78 Å². The first kappa shape index (κ1) is 24.3. The number of halogens is 3. The monoisotopic (exact) mass is 511 g/mol. The Bertz CT molecular complexity index is 1050. The summed E-state index contributed by atoms with van der Waals surface area (Å²) in [5, 5.41) is 5.41. The molecule has 0 radical (unpaired) electrons. The molecule has 0 saturated carbocycles. The lowest BCUT2D eigenvalue weighted by molar-refractivity contribution is -0.124. The van der Waals surface area contributed by atoms with Crippen LogP contribution < -0.4 is 10.6 Å². The topological polar surface area (TPSA) is 79.3 Å². The van der Waals surface area contributed by atoms with Gasteiger partial charge in [-0.05, 0) is 53.5 Å². The highest BCUT2D eigenvalue weighted by Crippen LogP contribution is 2.33. The van der Waals surface area contributed by atoms with E-state index in [1.807, 2.05) is 32.4 Å². The number of rotatable bonds is 4. The number of carbonyl (C=O) groups excluding carboxylic acids is 2. The van der Waals surface area contributed by atoms with Gasteiger partial charge >= 0.3 is 0 Å². The van der Waals surface area contributed by atoms with Crippen LogP contribution in [0.15, 0.2) is 16.6 Å². The van der Waals surface area contributed by atoms with Gasteiger partial charge < -0.3 is 20.1 Å². The van der Waals surface area contributed by atoms with Gasteiger partial charge in [-0.2, -0.15) is 0 Å². The van der Waals surface area contributed by atoms with Crippen molar-refractivity contribution in [3.8, 4) is 11.4 Å². The van der Waals surface area contributed by atoms with Crippen molar-refractivity contribution >= 4 is 27.7 Å². The van der Waals surface area contributed by atoms with Gasteiger partial charge in [-0.3, -0.25) is 9.59 Å². The van der Waals surface area contributed by atoms with E-state index in [1.165, 1.54) is 7.05 Å². The first-order chi connectivity index (χ1) is 14.9. The number of aromatic nitrogens is 2. The smallest absolute Gasteiger partial charge is 0.272 e. The summed E-state index contributed by atoms with van der Waals surface area (Å²) in [5.41, 5.74) is 0.657. The standard InChI is InChI=1S/C22H28BrF2N5O2/c1-22(2,3)18(21(32)26-4)28-20(31)17-16-11-29(5)7-6-8-30(16)19(27-17)12-9-14(24)15(25)10-13(12)23/h9-10,18H,6-8,11H2,1-5H3,(H,26,32)(H,28,31)/t18-/m1/s1. The lowest BCUT2D eigenvalue weighted by Crippen LogP contribution is -2.53. The summed E-state index contributed by atoms with van der Waals surface area (Å²) in [4.78, 5) is 32.4. The minimum atomic E-state index is -0.996. The van der Waals surface area contributed by atoms with Crippen molar-refractivity contribution in [1.29, 1.82) is 0 Å². The zero-order chi connectivity index (χ0) is 23.8. The predicted octanol–water partition coefficient (Wildman–Crippen LogP) is 3.32. The van der Waals surface area contributed by atoms with E-state index in [9.17, 15) is 18.4 Å². The molecule has 1 aromatic carbocycles. The van der Waals surface area contributed by atoms with Crippen molar-refractivity contribution in [2.45, 2.75) is 46.3 Å². The fourth-order valence-corrected chi connectivity index (χ4v) is 4.31. The molecule has 0 aliphatic carbocycles. The van der Waals surface area contributed by atoms with Crippen LogP contribution in [0.25, 0.3) is 11.4 Å². The number of nitrogens with one attached hydrogen (secondary N) is 2. The Morgan fingerprint density at radius 1 is 1.19 bits per heavy atom. The van der Waals surface area contributed by atoms with E-state index < -0.39 is 29.0 Å². The number of hydrogen-bond donors (Lipinski definition) is 2. The van der Waals surface area contributed by atoms with E-state index in [-0.39, 0.29) is 11.6 Å². The van der Waals surface area contributed by atoms with Gasteiger partial charge in [0.2, 0.25) is 5.91 Å². The van der Waals surface area contributed by atoms with Crippen molar-refractivity contribution in [3.63, 3.8) is 0 Å². The quantitative estimate of drug-likeness (QED) is 0.617. The summed E-state index contributed by atoms with van der Waals surface area (Å²) in [6.45, 7) is 7.41. The zero-order valence-corrected chi connectivity index (χ0v) is 20.4. The molecule has 2 aromatic rings. The molecule has 7 nitrogen and oxygen atoms in total. The number of hydrogen-bond acceptors (Lipinski definition) is 4. The summed E-state index contributed by atoms with van der Waals surface area (Å²) < 4.78 is 30.0. The maximum Gasteiger partial charge on any atom is 0.272 e. The van der Waals surface area contributed by atoms with E-state index in [0.717, 1.165) is 25.1 Å². The first-order valence-corrected chi connectivity index (χ1v) is 11.2. The molecule has 10 heteroatoms. The molecule has 0 saturated heterocycles. The highest BCUT2D eigenvalue weighted by Gasteiger charge is 2.35. The van der Waals surface area contributed by atoms with Crippen LogP contribution in [0.3, 0.4) is 0 Å². The van der Waals surface area contributed by atoms with Gasteiger partial charge in [-0.15, -0.1) is 0 Å². The minimum Gasteiger partial charge on any atom is -0.357 e. The van der Waals surface area contributed by atoms with Crippen molar-refractivity contribution in [1.82, 2.24) is 25.1 Å². The molecule has 32 heavy (non-hydrogen) atoms. The maximum atomic E-state index is 14.1. The fraction of sp³-hybridized carbons (Fsp3) is 0.500. The lowest BCUT2D eigenvalue weighted by Gasteiger charge is -2.29. The van der Waals surface area contributed by atoms with Crippen LogP contribution in [0.1, 0.15) is 43.4 Å². The Morgan fingerprint density at radius 2 is 1.84 bits per heavy atom. The van der Waals surface area contributed by atoms with Gasteiger partial charge in [0.25, 0.3) is 5.91 Å². The molecular weight excluding hydrogens is 484 g/mol. The zero-order valence-electron chi connectivity index (χ0n) is 18.9. The SMILES string of the molecule is CNC(=O)[C@@H](NC(=O)c1nc(-c2cc(F)c(F)cc2Br)n2c1CN(C)CCC2)C(C)(C)C. The number of fused-ring (bicyclic) bond motifs is 1. The van der Waals surface area contributed by atoms with Crippen LogP contribution in [0, 0.1) is 17.0 Å². The Balaban J connectivity index is 2.12. The van der Waals surface area contributed by atoms with Gasteiger partial charge in [-0.25, -0.2) is 13.8 Å². The lowest BCUT2D eigenvalue weighted by atomic mass is 9.86. The van der Waals surface area contributed by atoms with Gasteiger partial charge in [-0.1, -0.05) is 20.8 Å². The third-order valence-electron chi connectivity index (χ3n) is 5.53. The Kier molecular flexibility index (Phi) is 7.04. The number of likely N-dealkylation sites (N-methyl/N-ethyl adjacent to an activating group) is 1. The molecule has 0 bridgehead atoms. The highest BCUT2D eigenvalue weighted by atomic mass is 79.9. The third kappa shape index (κ3) is 4.85. The summed E-state index contributed by atoms with van der Waals surface area (Å²) >= 11 is 3.29. The van der Waals surface area contributed by atoms with Crippen molar-refractivity contribution in [2.75, 3.05) is 20.6 Å². The van der Waals surface area contributed by atoms with Gasteiger partial charge in [0.15, 0.2) is 17.3 Å². The fourth-order valence-electron chi connectivity index (χ4n) is 3.82. The largest absolute Gasteiger partial charge is 0.357 e. The molecule has 0 unspecified atom stereocenters. The maximum absolute atomic E-state index is 14.1. The molecule has 0 spiro atoms. The number of carbonyl (C=O) groups is 2. The average molecular weight is 512 g/mol. The second kappa shape index (κ2) is 9.27. The molecule has 1 aliphatic rings. The third-order valence-corrected chi connectivity index (χ3v) is 6.19. The number of imidazole rings is 1. The highest BCUT2D eigenvalue weighted by molar-refractivity contribution is 9.10. The Morgan fingerprint density at radius 3 is 2.47 bits per heavy atom. The van der Waals surface area contributed by atoms with Gasteiger partial charge in [0, 0.05) is 30.2 Å². The summed E-state index contributed by atoms with van der Waals surface area (Å²) in [6.07, 6.45) is 0.804. The van der Waals surface area contributed by atoms with Crippen LogP contribution >= 0.6 is 15.9 Å². The minimum absolute atomic E-state index is 0.170. The second-order valence-corrected chi connectivity index (χ2v) is 9.96. The van der Waals surface area contributed by atoms with E-state index in [4.69, 9.17) is 0 Å². The molecule has 2 amide bonds. The van der Waals surface area contributed by atoms with E-state index in [1.54, 1.807) is 0 Å². The normalized spacial score (nSPS) is 15.6. The molecule has 0 fully saturated rings. The van der Waals surface area contributed by atoms with Gasteiger partial charge in [0.1, 0.15) is 11.9 Å². The molecule has 174 valence electrons. The van der Waals surface area contributed by atoms with Crippen molar-refractivity contribution < 1.29 is 18.4 Å². The Labute approximate surface area is 194 Å². The van der Waals surface area contributed by atoms with E-state index >= 15 is 0 Å². The molecule has 1 aliphatic heterocycles. The van der Waals surface area contributed by atoms with E-state index in [0.29, 0.717) is 34.6 Å². The molecule has 2 heterocycles. The van der Waals surface area contributed by atoms with Crippen LogP contribution in [-0.4, -0.2) is 52.9 Å². The Hall–Kier alpha value is -2.33. The predicted molar refractivity (Wildman–Crippen MR) is 121 cm³/mol. The van der Waals surface area contributed by atoms with Crippen LogP contribution in [-0.2, 0) is 17.9 Å². The first-order valence-electron chi connectivity index (χ1n) is 10.4. The van der Waals surface area contributed by atoms with Crippen molar-refractivity contribution in [2.24, 2.45) is 5.41 Å². The van der Waals surface area contributed by atoms with Crippen LogP contribution in [0.5, 0.6) is 0 Å². The summed E-state index contributed by atoms with van der Waals surface area (Å²) in [5.74, 6) is -2.39. The summed E-state index contributed by atoms with van der Waals surface area (Å²) in [7, 11) is 3.46. The van der Waals surface area contributed by atoms with E-state index in [2.05, 4.69) is 36.4 Å². The van der Waals surface area contributed by atoms with Crippen molar-refractivity contribution in [3.05, 3.63) is 39.6 Å². The molecular formula is C22H28BrF2N5O2. The number of nitrogens with zero attached hydrogens (tertiary/aromatic N) is 3. The van der Waals surface area contributed by atoms with Gasteiger partial charge in [0.05, 0.1) is 5.69 Å². The average Bonchev–Trinajstić information content (AvgIpc) is 2.93. The summed E-state index contributed by atoms with van der Waals surface area (Å²) in [6, 6.07) is 1.35. The number of amides is 2. The molecule has 2 N–H and O–H groups in total.